The Balaban J connectivity index is 1.49. The summed E-state index contributed by atoms with van der Waals surface area (Å²) < 4.78 is 0. The summed E-state index contributed by atoms with van der Waals surface area (Å²) in [7, 11) is 0. The zero-order valence-corrected chi connectivity index (χ0v) is 17.2. The molecule has 2 N–H and O–H groups in total. The SMILES string of the molecule is CC(CC(=O)Nc1ccccc1C)=NNC(=O)Cc1ccc(-c2ccccc2)cc1. The molecule has 0 aliphatic rings. The molecule has 0 radical (unpaired) electrons. The molecule has 0 spiro atoms. The van der Waals surface area contributed by atoms with E-state index in [9.17, 15) is 9.59 Å². The zero-order valence-electron chi connectivity index (χ0n) is 17.2. The molecule has 0 saturated carbocycles. The van der Waals surface area contributed by atoms with Crippen LogP contribution in [0.2, 0.25) is 0 Å². The van der Waals surface area contributed by atoms with Crippen LogP contribution in [-0.4, -0.2) is 17.5 Å². The Bertz CT molecular complexity index is 1040. The molecule has 5 nitrogen and oxygen atoms in total. The van der Waals surface area contributed by atoms with Crippen LogP contribution in [0.4, 0.5) is 5.69 Å². The van der Waals surface area contributed by atoms with Crippen LogP contribution in [-0.2, 0) is 16.0 Å². The van der Waals surface area contributed by atoms with E-state index in [1.165, 1.54) is 0 Å². The molecule has 0 saturated heterocycles. The number of anilines is 1. The van der Waals surface area contributed by atoms with Gasteiger partial charge >= 0.3 is 0 Å². The average molecular weight is 399 g/mol. The van der Waals surface area contributed by atoms with E-state index in [-0.39, 0.29) is 24.7 Å². The number of hydrogen-bond acceptors (Lipinski definition) is 3. The molecule has 3 aromatic carbocycles. The highest BCUT2D eigenvalue weighted by Crippen LogP contribution is 2.19. The lowest BCUT2D eigenvalue weighted by atomic mass is 10.0. The molecule has 0 aliphatic heterocycles. The van der Waals surface area contributed by atoms with Crippen molar-refractivity contribution in [3.8, 4) is 11.1 Å². The van der Waals surface area contributed by atoms with Gasteiger partial charge in [-0.25, -0.2) is 5.43 Å². The van der Waals surface area contributed by atoms with Crippen LogP contribution < -0.4 is 10.7 Å². The smallest absolute Gasteiger partial charge is 0.244 e. The molecule has 5 heteroatoms. The molecule has 2 amide bonds. The summed E-state index contributed by atoms with van der Waals surface area (Å²) in [5, 5.41) is 6.90. The summed E-state index contributed by atoms with van der Waals surface area (Å²) in [5.41, 5.74) is 7.97. The first kappa shape index (κ1) is 21.0. The predicted octanol–water partition coefficient (Wildman–Crippen LogP) is 4.73. The summed E-state index contributed by atoms with van der Waals surface area (Å²) in [5.74, 6) is -0.391. The minimum atomic E-state index is -0.221. The Kier molecular flexibility index (Phi) is 7.11. The van der Waals surface area contributed by atoms with Gasteiger partial charge in [0.1, 0.15) is 0 Å². The van der Waals surface area contributed by atoms with Crippen molar-refractivity contribution in [3.63, 3.8) is 0 Å². The summed E-state index contributed by atoms with van der Waals surface area (Å²) in [6, 6.07) is 25.5. The number of rotatable bonds is 7. The van der Waals surface area contributed by atoms with Crippen LogP contribution in [0.5, 0.6) is 0 Å². The van der Waals surface area contributed by atoms with Crippen LogP contribution in [0.3, 0.4) is 0 Å². The van der Waals surface area contributed by atoms with Gasteiger partial charge in [0, 0.05) is 11.4 Å². The van der Waals surface area contributed by atoms with Crippen LogP contribution >= 0.6 is 0 Å². The number of carbonyl (C=O) groups excluding carboxylic acids is 2. The Morgan fingerprint density at radius 1 is 0.800 bits per heavy atom. The number of nitrogens with one attached hydrogen (secondary N) is 2. The second kappa shape index (κ2) is 10.2. The van der Waals surface area contributed by atoms with Crippen molar-refractivity contribution in [2.24, 2.45) is 5.10 Å². The molecule has 0 fully saturated rings. The van der Waals surface area contributed by atoms with Gasteiger partial charge < -0.3 is 5.32 Å². The highest BCUT2D eigenvalue weighted by atomic mass is 16.2. The van der Waals surface area contributed by atoms with E-state index in [0.717, 1.165) is 27.9 Å². The molecule has 30 heavy (non-hydrogen) atoms. The van der Waals surface area contributed by atoms with E-state index in [1.807, 2.05) is 73.7 Å². The summed E-state index contributed by atoms with van der Waals surface area (Å²) in [6.45, 7) is 3.65. The topological polar surface area (TPSA) is 70.6 Å². The molecule has 0 atom stereocenters. The van der Waals surface area contributed by atoms with Crippen LogP contribution in [0.15, 0.2) is 84.0 Å². The third kappa shape index (κ3) is 6.14. The standard InChI is InChI=1S/C25H25N3O2/c1-18-8-6-7-11-23(18)26-24(29)16-19(2)27-28-25(30)17-20-12-14-22(15-13-20)21-9-4-3-5-10-21/h3-15H,16-17H2,1-2H3,(H,26,29)(H,28,30). The lowest BCUT2D eigenvalue weighted by molar-refractivity contribution is -0.120. The number of para-hydroxylation sites is 1. The van der Waals surface area contributed by atoms with Gasteiger partial charge in [-0.2, -0.15) is 5.10 Å². The molecule has 152 valence electrons. The van der Waals surface area contributed by atoms with E-state index in [0.29, 0.717) is 5.71 Å². The highest BCUT2D eigenvalue weighted by molar-refractivity contribution is 6.06. The molecule has 0 aromatic heterocycles. The molecule has 0 heterocycles. The average Bonchev–Trinajstić information content (AvgIpc) is 2.75. The van der Waals surface area contributed by atoms with E-state index in [4.69, 9.17) is 0 Å². The first-order chi connectivity index (χ1) is 14.5. The first-order valence-electron chi connectivity index (χ1n) is 9.83. The summed E-state index contributed by atoms with van der Waals surface area (Å²) in [6.07, 6.45) is 0.335. The number of amides is 2. The van der Waals surface area contributed by atoms with Crippen molar-refractivity contribution in [1.29, 1.82) is 0 Å². The fourth-order valence-corrected chi connectivity index (χ4v) is 3.01. The molecule has 3 aromatic rings. The van der Waals surface area contributed by atoms with Gasteiger partial charge in [0.25, 0.3) is 0 Å². The Labute approximate surface area is 176 Å². The van der Waals surface area contributed by atoms with Crippen molar-refractivity contribution in [3.05, 3.63) is 90.0 Å². The van der Waals surface area contributed by atoms with Gasteiger partial charge in [0.05, 0.1) is 12.8 Å². The summed E-state index contributed by atoms with van der Waals surface area (Å²) >= 11 is 0. The van der Waals surface area contributed by atoms with Gasteiger partial charge in [-0.15, -0.1) is 0 Å². The second-order valence-corrected chi connectivity index (χ2v) is 7.16. The predicted molar refractivity (Wildman–Crippen MR) is 121 cm³/mol. The van der Waals surface area contributed by atoms with Crippen molar-refractivity contribution >= 4 is 23.2 Å². The monoisotopic (exact) mass is 399 g/mol. The summed E-state index contributed by atoms with van der Waals surface area (Å²) in [4.78, 5) is 24.3. The number of carbonyl (C=O) groups is 2. The van der Waals surface area contributed by atoms with Gasteiger partial charge in [-0.05, 0) is 42.2 Å². The minimum absolute atomic E-state index is 0.111. The third-order valence-electron chi connectivity index (χ3n) is 4.63. The fourth-order valence-electron chi connectivity index (χ4n) is 3.01. The van der Waals surface area contributed by atoms with Gasteiger partial charge in [-0.3, -0.25) is 9.59 Å². The molecular formula is C25H25N3O2. The third-order valence-corrected chi connectivity index (χ3v) is 4.63. The maximum atomic E-state index is 12.2. The van der Waals surface area contributed by atoms with Crippen LogP contribution in [0.1, 0.15) is 24.5 Å². The van der Waals surface area contributed by atoms with Crippen molar-refractivity contribution in [2.75, 3.05) is 5.32 Å². The maximum Gasteiger partial charge on any atom is 0.244 e. The minimum Gasteiger partial charge on any atom is -0.326 e. The largest absolute Gasteiger partial charge is 0.326 e. The Morgan fingerprint density at radius 3 is 2.13 bits per heavy atom. The maximum absolute atomic E-state index is 12.2. The molecule has 0 bridgehead atoms. The Hall–Kier alpha value is -3.73. The number of hydrogen-bond donors (Lipinski definition) is 2. The fraction of sp³-hybridized carbons (Fsp3) is 0.160. The first-order valence-corrected chi connectivity index (χ1v) is 9.83. The van der Waals surface area contributed by atoms with Gasteiger partial charge in [0.15, 0.2) is 0 Å². The van der Waals surface area contributed by atoms with E-state index in [1.54, 1.807) is 6.92 Å². The zero-order chi connectivity index (χ0) is 21.3. The number of benzene rings is 3. The number of hydrazone groups is 1. The number of aryl methyl sites for hydroxylation is 1. The van der Waals surface area contributed by atoms with E-state index < -0.39 is 0 Å². The number of nitrogens with zero attached hydrogens (tertiary/aromatic N) is 1. The molecule has 3 rings (SSSR count). The normalized spacial score (nSPS) is 11.1. The molecule has 0 unspecified atom stereocenters. The molecular weight excluding hydrogens is 374 g/mol. The van der Waals surface area contributed by atoms with E-state index >= 15 is 0 Å². The van der Waals surface area contributed by atoms with Crippen LogP contribution in [0.25, 0.3) is 11.1 Å². The van der Waals surface area contributed by atoms with Gasteiger partial charge in [-0.1, -0.05) is 72.8 Å². The highest BCUT2D eigenvalue weighted by Gasteiger charge is 2.08. The van der Waals surface area contributed by atoms with Crippen molar-refractivity contribution in [1.82, 2.24) is 5.43 Å². The van der Waals surface area contributed by atoms with Crippen LogP contribution in [0, 0.1) is 6.92 Å². The van der Waals surface area contributed by atoms with Gasteiger partial charge in [0.2, 0.25) is 11.8 Å². The van der Waals surface area contributed by atoms with Crippen molar-refractivity contribution in [2.45, 2.75) is 26.7 Å². The lowest BCUT2D eigenvalue weighted by Crippen LogP contribution is -2.23. The van der Waals surface area contributed by atoms with E-state index in [2.05, 4.69) is 28.0 Å². The van der Waals surface area contributed by atoms with Crippen molar-refractivity contribution < 1.29 is 9.59 Å². The second-order valence-electron chi connectivity index (χ2n) is 7.16. The quantitative estimate of drug-likeness (QED) is 0.446. The lowest BCUT2D eigenvalue weighted by Gasteiger charge is -2.08. The Morgan fingerprint density at radius 2 is 1.43 bits per heavy atom. The molecule has 0 aliphatic carbocycles.